The number of hydrogen-bond acceptors (Lipinski definition) is 6. The Labute approximate surface area is 155 Å². The van der Waals surface area contributed by atoms with Crippen LogP contribution in [-0.2, 0) is 15.6 Å². The Morgan fingerprint density at radius 2 is 1.81 bits per heavy atom. The van der Waals surface area contributed by atoms with E-state index in [-0.39, 0.29) is 24.8 Å². The second kappa shape index (κ2) is 5.66. The van der Waals surface area contributed by atoms with Crippen LogP contribution in [0.4, 0.5) is 0 Å². The maximum atomic E-state index is 12.9. The molecule has 0 unspecified atom stereocenters. The fraction of sp³-hybridized carbons (Fsp3) is 0.211. The molecule has 7 nitrogen and oxygen atoms in total. The molecule has 1 aromatic heterocycles. The van der Waals surface area contributed by atoms with Crippen LogP contribution in [0.5, 0.6) is 11.5 Å². The van der Waals surface area contributed by atoms with Gasteiger partial charge in [-0.15, -0.1) is 0 Å². The van der Waals surface area contributed by atoms with Gasteiger partial charge in [-0.25, -0.2) is 8.42 Å². The maximum Gasteiger partial charge on any atom is 0.243 e. The summed E-state index contributed by atoms with van der Waals surface area (Å²) in [6, 6.07) is 12.1. The Hall–Kier alpha value is -2.68. The van der Waals surface area contributed by atoms with Gasteiger partial charge in [0.05, 0.1) is 4.90 Å². The SMILES string of the molecule is O=S(=O)(c1ccc2c(c1)OCO2)N1CC(O)(c2cncc3ccccc23)C1. The van der Waals surface area contributed by atoms with Crippen LogP contribution < -0.4 is 9.47 Å². The first kappa shape index (κ1) is 16.5. The zero-order valence-corrected chi connectivity index (χ0v) is 15.0. The summed E-state index contributed by atoms with van der Waals surface area (Å²) in [6.07, 6.45) is 3.33. The summed E-state index contributed by atoms with van der Waals surface area (Å²) in [5.41, 5.74) is -0.630. The maximum absolute atomic E-state index is 12.9. The highest BCUT2D eigenvalue weighted by Crippen LogP contribution is 2.40. The predicted molar refractivity (Wildman–Crippen MR) is 97.0 cm³/mol. The van der Waals surface area contributed by atoms with Crippen LogP contribution in [0.1, 0.15) is 5.56 Å². The zero-order chi connectivity index (χ0) is 18.6. The monoisotopic (exact) mass is 384 g/mol. The third-order valence-electron chi connectivity index (χ3n) is 5.03. The molecule has 1 saturated heterocycles. The number of rotatable bonds is 3. The smallest absolute Gasteiger partial charge is 0.243 e. The molecule has 8 heteroatoms. The van der Waals surface area contributed by atoms with Crippen LogP contribution in [0.25, 0.3) is 10.8 Å². The van der Waals surface area contributed by atoms with Crippen LogP contribution >= 0.6 is 0 Å². The van der Waals surface area contributed by atoms with Crippen molar-refractivity contribution in [2.75, 3.05) is 19.9 Å². The van der Waals surface area contributed by atoms with Gasteiger partial charge < -0.3 is 14.6 Å². The number of sulfonamides is 1. The molecule has 0 atom stereocenters. The number of β-amino-alcohol motifs (C(OH)–C–C–N with tert-alkyl or cyclic N) is 1. The van der Waals surface area contributed by atoms with E-state index in [2.05, 4.69) is 4.98 Å². The van der Waals surface area contributed by atoms with E-state index >= 15 is 0 Å². The molecular formula is C19H16N2O5S. The minimum atomic E-state index is -3.74. The van der Waals surface area contributed by atoms with Crippen molar-refractivity contribution in [1.82, 2.24) is 9.29 Å². The summed E-state index contributed by atoms with van der Waals surface area (Å²) in [5.74, 6) is 0.931. The van der Waals surface area contributed by atoms with Crippen LogP contribution in [-0.4, -0.2) is 42.7 Å². The standard InChI is InChI=1S/C19H16N2O5S/c22-19(16-9-20-8-13-3-1-2-4-15(13)16)10-21(11-19)27(23,24)14-5-6-17-18(7-14)26-12-25-17/h1-9,22H,10-12H2. The Kier molecular flexibility index (Phi) is 3.45. The summed E-state index contributed by atoms with van der Waals surface area (Å²) < 4.78 is 37.5. The lowest BCUT2D eigenvalue weighted by molar-refractivity contribution is -0.0638. The van der Waals surface area contributed by atoms with Crippen molar-refractivity contribution in [2.45, 2.75) is 10.5 Å². The van der Waals surface area contributed by atoms with Gasteiger partial charge in [-0.3, -0.25) is 4.98 Å². The van der Waals surface area contributed by atoms with E-state index in [4.69, 9.17) is 9.47 Å². The average Bonchev–Trinajstić information content (AvgIpc) is 3.13. The van der Waals surface area contributed by atoms with Crippen molar-refractivity contribution in [2.24, 2.45) is 0 Å². The van der Waals surface area contributed by atoms with Gasteiger partial charge in [-0.2, -0.15) is 4.31 Å². The number of pyridine rings is 1. The molecule has 3 aromatic rings. The van der Waals surface area contributed by atoms with Gasteiger partial charge in [-0.1, -0.05) is 24.3 Å². The first-order valence-electron chi connectivity index (χ1n) is 8.43. The quantitative estimate of drug-likeness (QED) is 0.741. The number of hydrogen-bond donors (Lipinski definition) is 1. The molecule has 0 aliphatic carbocycles. The number of aromatic nitrogens is 1. The lowest BCUT2D eigenvalue weighted by atomic mass is 9.86. The normalized spacial score (nSPS) is 18.4. The van der Waals surface area contributed by atoms with Crippen LogP contribution in [0.3, 0.4) is 0 Å². The number of nitrogens with zero attached hydrogens (tertiary/aromatic N) is 2. The van der Waals surface area contributed by atoms with Crippen molar-refractivity contribution < 1.29 is 23.0 Å². The molecule has 2 aromatic carbocycles. The molecule has 138 valence electrons. The fourth-order valence-corrected chi connectivity index (χ4v) is 5.11. The summed E-state index contributed by atoms with van der Waals surface area (Å²) in [6.45, 7) is 0.0231. The first-order chi connectivity index (χ1) is 13.0. The molecule has 0 amide bonds. The Bertz CT molecular complexity index is 1150. The first-order valence-corrected chi connectivity index (χ1v) is 9.87. The number of aliphatic hydroxyl groups is 1. The highest BCUT2D eigenvalue weighted by atomic mass is 32.2. The van der Waals surface area contributed by atoms with Crippen LogP contribution in [0, 0.1) is 0 Å². The van der Waals surface area contributed by atoms with Crippen molar-refractivity contribution >= 4 is 20.8 Å². The third kappa shape index (κ3) is 2.48. The van der Waals surface area contributed by atoms with E-state index < -0.39 is 15.6 Å². The summed E-state index contributed by atoms with van der Waals surface area (Å²) in [4.78, 5) is 4.30. The predicted octanol–water partition coefficient (Wildman–Crippen LogP) is 1.86. The molecule has 0 spiro atoms. The molecule has 1 fully saturated rings. The third-order valence-corrected chi connectivity index (χ3v) is 6.81. The van der Waals surface area contributed by atoms with E-state index in [0.29, 0.717) is 17.1 Å². The molecule has 0 saturated carbocycles. The largest absolute Gasteiger partial charge is 0.454 e. The van der Waals surface area contributed by atoms with Gasteiger partial charge >= 0.3 is 0 Å². The van der Waals surface area contributed by atoms with Crippen molar-refractivity contribution in [3.63, 3.8) is 0 Å². The molecule has 0 radical (unpaired) electrons. The second-order valence-electron chi connectivity index (χ2n) is 6.73. The Morgan fingerprint density at radius 1 is 1.04 bits per heavy atom. The zero-order valence-electron chi connectivity index (χ0n) is 14.2. The van der Waals surface area contributed by atoms with Gasteiger partial charge in [0.2, 0.25) is 16.8 Å². The Balaban J connectivity index is 1.45. The van der Waals surface area contributed by atoms with Gasteiger partial charge in [0.15, 0.2) is 11.5 Å². The molecule has 2 aliphatic rings. The molecule has 1 N–H and O–H groups in total. The van der Waals surface area contributed by atoms with Crippen molar-refractivity contribution in [1.29, 1.82) is 0 Å². The molecule has 2 aliphatic heterocycles. The van der Waals surface area contributed by atoms with Gasteiger partial charge in [0.25, 0.3) is 0 Å². The lowest BCUT2D eigenvalue weighted by Gasteiger charge is -2.45. The minimum absolute atomic E-state index is 0.0283. The molecule has 3 heterocycles. The molecular weight excluding hydrogens is 368 g/mol. The number of fused-ring (bicyclic) bond motifs is 2. The van der Waals surface area contributed by atoms with E-state index in [1.165, 1.54) is 16.4 Å². The Morgan fingerprint density at radius 3 is 2.67 bits per heavy atom. The minimum Gasteiger partial charge on any atom is -0.454 e. The van der Waals surface area contributed by atoms with E-state index in [9.17, 15) is 13.5 Å². The van der Waals surface area contributed by atoms with Crippen LogP contribution in [0.15, 0.2) is 59.8 Å². The highest BCUT2D eigenvalue weighted by molar-refractivity contribution is 7.89. The summed E-state index contributed by atoms with van der Waals surface area (Å²) in [5, 5.41) is 12.8. The van der Waals surface area contributed by atoms with Crippen molar-refractivity contribution in [3.8, 4) is 11.5 Å². The summed E-state index contributed by atoms with van der Waals surface area (Å²) >= 11 is 0. The highest BCUT2D eigenvalue weighted by Gasteiger charge is 2.49. The van der Waals surface area contributed by atoms with E-state index in [1.54, 1.807) is 18.5 Å². The van der Waals surface area contributed by atoms with Gasteiger partial charge in [0.1, 0.15) is 5.60 Å². The second-order valence-corrected chi connectivity index (χ2v) is 8.67. The molecule has 5 rings (SSSR count). The van der Waals surface area contributed by atoms with Gasteiger partial charge in [0, 0.05) is 42.5 Å². The van der Waals surface area contributed by atoms with E-state index in [0.717, 1.165) is 10.8 Å². The summed E-state index contributed by atoms with van der Waals surface area (Å²) in [7, 11) is -3.74. The fourth-order valence-electron chi connectivity index (χ4n) is 3.55. The number of benzene rings is 2. The molecule has 0 bridgehead atoms. The van der Waals surface area contributed by atoms with E-state index in [1.807, 2.05) is 24.3 Å². The topological polar surface area (TPSA) is 89.0 Å². The van der Waals surface area contributed by atoms with Gasteiger partial charge in [-0.05, 0) is 17.5 Å². The van der Waals surface area contributed by atoms with Crippen molar-refractivity contribution in [3.05, 3.63) is 60.4 Å². The average molecular weight is 384 g/mol. The van der Waals surface area contributed by atoms with Crippen LogP contribution in [0.2, 0.25) is 0 Å². The molecule has 27 heavy (non-hydrogen) atoms. The number of ether oxygens (including phenoxy) is 2. The lowest BCUT2D eigenvalue weighted by Crippen LogP contribution is -2.61.